The molecule has 1 N–H and O–H groups in total. The van der Waals surface area contributed by atoms with E-state index in [1.165, 1.54) is 19.3 Å². The molecule has 1 aliphatic carbocycles. The second kappa shape index (κ2) is 7.22. The van der Waals surface area contributed by atoms with Crippen LogP contribution in [-0.4, -0.2) is 62.7 Å². The molecule has 0 aromatic rings. The van der Waals surface area contributed by atoms with Gasteiger partial charge < -0.3 is 19.5 Å². The zero-order valence-corrected chi connectivity index (χ0v) is 10.7. The van der Waals surface area contributed by atoms with E-state index in [0.717, 1.165) is 6.42 Å². The predicted molar refractivity (Wildman–Crippen MR) is 63.6 cm³/mol. The van der Waals surface area contributed by atoms with E-state index in [0.29, 0.717) is 25.3 Å². The van der Waals surface area contributed by atoms with E-state index in [9.17, 15) is 5.11 Å². The van der Waals surface area contributed by atoms with Crippen LogP contribution >= 0.6 is 0 Å². The van der Waals surface area contributed by atoms with Crippen molar-refractivity contribution in [3.05, 3.63) is 0 Å². The van der Waals surface area contributed by atoms with Crippen LogP contribution in [0, 0.1) is 0 Å². The number of aliphatic hydroxyl groups is 1. The predicted octanol–water partition coefficient (Wildman–Crippen LogP) is 0.883. The largest absolute Gasteiger partial charge is 0.389 e. The Hall–Kier alpha value is -0.160. The number of aliphatic hydroxyl groups excluding tert-OH is 1. The molecular formula is C12H25NO3. The molecule has 0 radical (unpaired) electrons. The van der Waals surface area contributed by atoms with Gasteiger partial charge in [0.1, 0.15) is 0 Å². The van der Waals surface area contributed by atoms with Gasteiger partial charge in [0.2, 0.25) is 0 Å². The Morgan fingerprint density at radius 1 is 1.38 bits per heavy atom. The van der Waals surface area contributed by atoms with Gasteiger partial charge in [-0.25, -0.2) is 0 Å². The van der Waals surface area contributed by atoms with Crippen LogP contribution in [0.5, 0.6) is 0 Å². The molecule has 0 amide bonds. The van der Waals surface area contributed by atoms with E-state index in [2.05, 4.69) is 11.9 Å². The summed E-state index contributed by atoms with van der Waals surface area (Å²) in [6, 6.07) is 0.533. The zero-order chi connectivity index (χ0) is 12.0. The fourth-order valence-electron chi connectivity index (χ4n) is 2.46. The van der Waals surface area contributed by atoms with Gasteiger partial charge in [-0.1, -0.05) is 0 Å². The lowest BCUT2D eigenvalue weighted by Gasteiger charge is -2.35. The van der Waals surface area contributed by atoms with Gasteiger partial charge in [-0.05, 0) is 32.7 Å². The summed E-state index contributed by atoms with van der Waals surface area (Å²) in [5.74, 6) is 0. The first-order valence-electron chi connectivity index (χ1n) is 6.07. The van der Waals surface area contributed by atoms with Crippen LogP contribution in [-0.2, 0) is 9.47 Å². The lowest BCUT2D eigenvalue weighted by molar-refractivity contribution is 0.00454. The second-order valence-corrected chi connectivity index (χ2v) is 4.73. The van der Waals surface area contributed by atoms with Crippen molar-refractivity contribution in [1.29, 1.82) is 0 Å². The topological polar surface area (TPSA) is 41.9 Å². The van der Waals surface area contributed by atoms with E-state index < -0.39 is 6.10 Å². The van der Waals surface area contributed by atoms with Crippen LogP contribution in [0.1, 0.15) is 25.7 Å². The van der Waals surface area contributed by atoms with Gasteiger partial charge in [-0.3, -0.25) is 0 Å². The molecule has 4 heteroatoms. The van der Waals surface area contributed by atoms with E-state index in [-0.39, 0.29) is 0 Å². The molecule has 3 unspecified atom stereocenters. The minimum atomic E-state index is -0.391. The molecule has 4 nitrogen and oxygen atoms in total. The van der Waals surface area contributed by atoms with E-state index in [1.54, 1.807) is 14.2 Å². The number of methoxy groups -OCH3 is 2. The Bertz CT molecular complexity index is 189. The van der Waals surface area contributed by atoms with Gasteiger partial charge in [-0.2, -0.15) is 0 Å². The fraction of sp³-hybridized carbons (Fsp3) is 1.00. The van der Waals surface area contributed by atoms with Crippen molar-refractivity contribution in [2.24, 2.45) is 0 Å². The maximum absolute atomic E-state index is 9.68. The van der Waals surface area contributed by atoms with Crippen LogP contribution in [0.3, 0.4) is 0 Å². The van der Waals surface area contributed by atoms with Crippen molar-refractivity contribution in [2.75, 3.05) is 34.4 Å². The smallest absolute Gasteiger partial charge is 0.0900 e. The van der Waals surface area contributed by atoms with Crippen molar-refractivity contribution in [2.45, 2.75) is 43.9 Å². The molecule has 0 heterocycles. The lowest BCUT2D eigenvalue weighted by Crippen LogP contribution is -2.42. The third-order valence-electron chi connectivity index (χ3n) is 3.41. The maximum atomic E-state index is 9.68. The highest BCUT2D eigenvalue weighted by Crippen LogP contribution is 2.24. The molecule has 1 fully saturated rings. The highest BCUT2D eigenvalue weighted by Gasteiger charge is 2.25. The number of nitrogens with zero attached hydrogens (tertiary/aromatic N) is 1. The van der Waals surface area contributed by atoms with Gasteiger partial charge in [0.15, 0.2) is 0 Å². The molecule has 0 aromatic carbocycles. The fourth-order valence-corrected chi connectivity index (χ4v) is 2.46. The van der Waals surface area contributed by atoms with Gasteiger partial charge in [0, 0.05) is 26.8 Å². The Morgan fingerprint density at radius 2 is 2.12 bits per heavy atom. The average Bonchev–Trinajstić information content (AvgIpc) is 2.29. The summed E-state index contributed by atoms with van der Waals surface area (Å²) in [4.78, 5) is 2.23. The summed E-state index contributed by atoms with van der Waals surface area (Å²) >= 11 is 0. The number of likely N-dealkylation sites (N-methyl/N-ethyl adjacent to an activating group) is 1. The summed E-state index contributed by atoms with van der Waals surface area (Å²) < 4.78 is 10.3. The summed E-state index contributed by atoms with van der Waals surface area (Å²) in [7, 11) is 5.47. The number of hydrogen-bond donors (Lipinski definition) is 1. The van der Waals surface area contributed by atoms with Crippen molar-refractivity contribution in [1.82, 2.24) is 4.90 Å². The number of ether oxygens (including phenoxy) is 2. The van der Waals surface area contributed by atoms with E-state index in [4.69, 9.17) is 9.47 Å². The van der Waals surface area contributed by atoms with Crippen LogP contribution in [0.15, 0.2) is 0 Å². The molecule has 0 saturated heterocycles. The summed E-state index contributed by atoms with van der Waals surface area (Å²) in [6.07, 6.45) is 4.66. The highest BCUT2D eigenvalue weighted by molar-refractivity contribution is 4.80. The monoisotopic (exact) mass is 231 g/mol. The van der Waals surface area contributed by atoms with Crippen molar-refractivity contribution < 1.29 is 14.6 Å². The quantitative estimate of drug-likeness (QED) is 0.737. The number of rotatable bonds is 6. The maximum Gasteiger partial charge on any atom is 0.0900 e. The van der Waals surface area contributed by atoms with Crippen LogP contribution in [0.4, 0.5) is 0 Å². The Balaban J connectivity index is 2.32. The van der Waals surface area contributed by atoms with Crippen molar-refractivity contribution >= 4 is 0 Å². The molecule has 1 saturated carbocycles. The zero-order valence-electron chi connectivity index (χ0n) is 10.7. The van der Waals surface area contributed by atoms with Gasteiger partial charge in [-0.15, -0.1) is 0 Å². The number of hydrogen-bond acceptors (Lipinski definition) is 4. The molecule has 3 atom stereocenters. The first kappa shape index (κ1) is 13.9. The minimum Gasteiger partial charge on any atom is -0.389 e. The highest BCUT2D eigenvalue weighted by atomic mass is 16.5. The van der Waals surface area contributed by atoms with E-state index >= 15 is 0 Å². The molecular weight excluding hydrogens is 206 g/mol. The minimum absolute atomic E-state index is 0.390. The van der Waals surface area contributed by atoms with Crippen LogP contribution < -0.4 is 0 Å². The third-order valence-corrected chi connectivity index (χ3v) is 3.41. The molecule has 0 aromatic heterocycles. The SMILES string of the molecule is COCC(O)CN(C)C1CCCC(OC)C1. The van der Waals surface area contributed by atoms with Crippen LogP contribution in [0.25, 0.3) is 0 Å². The summed E-state index contributed by atoms with van der Waals surface area (Å²) in [5, 5.41) is 9.68. The molecule has 1 aliphatic rings. The average molecular weight is 231 g/mol. The van der Waals surface area contributed by atoms with Gasteiger partial charge in [0.05, 0.1) is 18.8 Å². The molecule has 0 spiro atoms. The summed E-state index contributed by atoms with van der Waals surface area (Å²) in [6.45, 7) is 1.08. The molecule has 1 rings (SSSR count). The Morgan fingerprint density at radius 3 is 2.75 bits per heavy atom. The summed E-state index contributed by atoms with van der Waals surface area (Å²) in [5.41, 5.74) is 0. The Labute approximate surface area is 98.5 Å². The Kier molecular flexibility index (Phi) is 6.28. The van der Waals surface area contributed by atoms with Crippen molar-refractivity contribution in [3.63, 3.8) is 0 Å². The molecule has 16 heavy (non-hydrogen) atoms. The normalized spacial score (nSPS) is 28.3. The molecule has 0 aliphatic heterocycles. The standard InChI is InChI=1S/C12H25NO3/c1-13(8-11(14)9-15-2)10-5-4-6-12(7-10)16-3/h10-12,14H,4-9H2,1-3H3. The van der Waals surface area contributed by atoms with E-state index in [1.807, 2.05) is 0 Å². The first-order valence-corrected chi connectivity index (χ1v) is 6.07. The third kappa shape index (κ3) is 4.37. The second-order valence-electron chi connectivity index (χ2n) is 4.73. The van der Waals surface area contributed by atoms with Crippen molar-refractivity contribution in [3.8, 4) is 0 Å². The molecule has 96 valence electrons. The van der Waals surface area contributed by atoms with Crippen LogP contribution in [0.2, 0.25) is 0 Å². The molecule has 0 bridgehead atoms. The lowest BCUT2D eigenvalue weighted by atomic mass is 9.92. The van der Waals surface area contributed by atoms with Gasteiger partial charge >= 0.3 is 0 Å². The van der Waals surface area contributed by atoms with Gasteiger partial charge in [0.25, 0.3) is 0 Å². The first-order chi connectivity index (χ1) is 7.67.